The molecule has 0 amide bonds. The van der Waals surface area contributed by atoms with Crippen LogP contribution in [0.5, 0.6) is 0 Å². The average Bonchev–Trinajstić information content (AvgIpc) is 3.48. The van der Waals surface area contributed by atoms with Gasteiger partial charge in [-0.15, -0.1) is 11.3 Å². The minimum Gasteiger partial charge on any atom is -0.308 e. The molecule has 226 valence electrons. The molecule has 0 spiro atoms. The summed E-state index contributed by atoms with van der Waals surface area (Å²) in [6.45, 7) is 4.42. The Morgan fingerprint density at radius 2 is 1.17 bits per heavy atom. The zero-order valence-corrected chi connectivity index (χ0v) is 27.6. The van der Waals surface area contributed by atoms with Gasteiger partial charge in [-0.3, -0.25) is 0 Å². The third-order valence-corrected chi connectivity index (χ3v) is 11.5. The Kier molecular flexibility index (Phi) is 5.94. The van der Waals surface area contributed by atoms with Crippen molar-refractivity contribution in [2.75, 3.05) is 4.90 Å². The summed E-state index contributed by atoms with van der Waals surface area (Å²) in [6.07, 6.45) is 4.47. The molecule has 2 aliphatic carbocycles. The number of nitrogens with zero attached hydrogens (tertiary/aromatic N) is 1. The molecule has 0 saturated carbocycles. The van der Waals surface area contributed by atoms with Gasteiger partial charge < -0.3 is 4.90 Å². The lowest BCUT2D eigenvalue weighted by atomic mass is 9.83. The third-order valence-electron chi connectivity index (χ3n) is 10.3. The van der Waals surface area contributed by atoms with Crippen molar-refractivity contribution >= 4 is 70.5 Å². The fraction of sp³-hybridized carbons (Fsp3) is 0.0435. The summed E-state index contributed by atoms with van der Waals surface area (Å²) in [5.74, 6) is 0. The topological polar surface area (TPSA) is 3.24 Å². The van der Waals surface area contributed by atoms with Crippen LogP contribution in [0.3, 0.4) is 0 Å². The lowest BCUT2D eigenvalue weighted by Gasteiger charge is -2.29. The second-order valence-electron chi connectivity index (χ2n) is 12.8. The van der Waals surface area contributed by atoms with Crippen LogP contribution in [-0.2, 0) is 0 Å². The van der Waals surface area contributed by atoms with E-state index in [4.69, 9.17) is 0 Å². The number of hydrogen-bond acceptors (Lipinski definition) is 2. The molecule has 0 atom stereocenters. The molecule has 0 fully saturated rings. The second kappa shape index (κ2) is 10.4. The largest absolute Gasteiger partial charge is 0.308 e. The van der Waals surface area contributed by atoms with E-state index in [0.717, 1.165) is 5.69 Å². The standard InChI is InChI=1S/C46H31NS/c1-3-12-31-28(2)44-36-18-10-19-37(44)38-20-9-17-35(31)45(38)40-27-30(25-26-33(36)40)47(41-22-8-14-29-13-4-5-15-32(29)41)42-23-11-21-39-34-16-6-7-24-43(34)48-46(39)42/h3-27H,1-2H3/b12-3-. The van der Waals surface area contributed by atoms with Crippen LogP contribution >= 0.6 is 11.3 Å². The van der Waals surface area contributed by atoms with E-state index in [2.05, 4.69) is 170 Å². The van der Waals surface area contributed by atoms with Crippen LogP contribution in [0.4, 0.5) is 17.1 Å². The molecule has 48 heavy (non-hydrogen) atoms. The van der Waals surface area contributed by atoms with Crippen LogP contribution in [0.2, 0.25) is 0 Å². The van der Waals surface area contributed by atoms with E-state index in [1.807, 2.05) is 11.3 Å². The molecule has 1 nitrogen and oxygen atoms in total. The highest BCUT2D eigenvalue weighted by Crippen LogP contribution is 2.56. The van der Waals surface area contributed by atoms with Crippen molar-refractivity contribution in [3.05, 3.63) is 163 Å². The molecule has 2 aliphatic rings. The van der Waals surface area contributed by atoms with Crippen LogP contribution < -0.4 is 4.90 Å². The number of rotatable bonds is 4. The summed E-state index contributed by atoms with van der Waals surface area (Å²) < 4.78 is 2.61. The quantitative estimate of drug-likeness (QED) is 0.187. The van der Waals surface area contributed by atoms with Crippen molar-refractivity contribution < 1.29 is 0 Å². The minimum absolute atomic E-state index is 1.15. The molecular formula is C46H31NS. The lowest BCUT2D eigenvalue weighted by molar-refractivity contribution is 1.32. The third kappa shape index (κ3) is 3.78. The van der Waals surface area contributed by atoms with Crippen LogP contribution in [-0.4, -0.2) is 0 Å². The highest BCUT2D eigenvalue weighted by Gasteiger charge is 2.31. The molecule has 0 saturated heterocycles. The SMILES string of the molecule is C/C=C\C1=C(C)c2c3cccc2-c2cccc1c2-c1cc(N(c2cccc4ccccc24)c2cccc4c2sc2ccccc24)ccc1-3. The highest BCUT2D eigenvalue weighted by molar-refractivity contribution is 7.26. The molecule has 10 rings (SSSR count). The fourth-order valence-electron chi connectivity index (χ4n) is 8.25. The maximum atomic E-state index is 2.50. The lowest BCUT2D eigenvalue weighted by Crippen LogP contribution is -2.11. The van der Waals surface area contributed by atoms with Gasteiger partial charge in [-0.05, 0) is 105 Å². The summed E-state index contributed by atoms with van der Waals surface area (Å²) in [7, 11) is 0. The molecule has 6 bridgehead atoms. The van der Waals surface area contributed by atoms with Crippen molar-refractivity contribution in [2.24, 2.45) is 0 Å². The Hall–Kier alpha value is -5.70. The van der Waals surface area contributed by atoms with Gasteiger partial charge in [0.05, 0.1) is 16.1 Å². The Labute approximate surface area is 284 Å². The first kappa shape index (κ1) is 27.4. The van der Waals surface area contributed by atoms with E-state index >= 15 is 0 Å². The van der Waals surface area contributed by atoms with Gasteiger partial charge in [0.1, 0.15) is 0 Å². The molecule has 0 aliphatic heterocycles. The molecular weight excluding hydrogens is 599 g/mol. The highest BCUT2D eigenvalue weighted by atomic mass is 32.1. The average molecular weight is 630 g/mol. The number of allylic oxidation sites excluding steroid dienone is 4. The van der Waals surface area contributed by atoms with Crippen molar-refractivity contribution in [1.82, 2.24) is 0 Å². The van der Waals surface area contributed by atoms with Crippen molar-refractivity contribution in [1.29, 1.82) is 0 Å². The van der Waals surface area contributed by atoms with Gasteiger partial charge in [-0.2, -0.15) is 0 Å². The molecule has 0 unspecified atom stereocenters. The molecule has 0 radical (unpaired) electrons. The Bertz CT molecular complexity index is 2700. The van der Waals surface area contributed by atoms with Gasteiger partial charge in [0, 0.05) is 26.5 Å². The van der Waals surface area contributed by atoms with Crippen LogP contribution in [0, 0.1) is 0 Å². The van der Waals surface area contributed by atoms with Crippen molar-refractivity contribution in [3.63, 3.8) is 0 Å². The Morgan fingerprint density at radius 1 is 0.521 bits per heavy atom. The van der Waals surface area contributed by atoms with Crippen LogP contribution in [0.25, 0.3) is 75.5 Å². The maximum Gasteiger partial charge on any atom is 0.0640 e. The summed E-state index contributed by atoms with van der Waals surface area (Å²) >= 11 is 1.88. The number of benzene rings is 7. The molecule has 1 heterocycles. The van der Waals surface area contributed by atoms with E-state index < -0.39 is 0 Å². The number of thiophene rings is 1. The van der Waals surface area contributed by atoms with Gasteiger partial charge in [-0.1, -0.05) is 121 Å². The second-order valence-corrected chi connectivity index (χ2v) is 13.9. The van der Waals surface area contributed by atoms with E-state index in [1.165, 1.54) is 98.0 Å². The Morgan fingerprint density at radius 3 is 2.02 bits per heavy atom. The van der Waals surface area contributed by atoms with Crippen LogP contribution in [0.15, 0.2) is 152 Å². The first-order chi connectivity index (χ1) is 23.7. The Balaban J connectivity index is 1.31. The molecule has 7 aromatic carbocycles. The predicted molar refractivity (Wildman–Crippen MR) is 209 cm³/mol. The fourth-order valence-corrected chi connectivity index (χ4v) is 9.45. The number of fused-ring (bicyclic) bond motifs is 6. The predicted octanol–water partition coefficient (Wildman–Crippen LogP) is 13.8. The number of hydrogen-bond donors (Lipinski definition) is 0. The van der Waals surface area contributed by atoms with Gasteiger partial charge in [0.2, 0.25) is 0 Å². The summed E-state index contributed by atoms with van der Waals surface area (Å²) in [4.78, 5) is 2.50. The molecule has 0 N–H and O–H groups in total. The summed E-state index contributed by atoms with van der Waals surface area (Å²) in [6, 6.07) is 51.9. The smallest absolute Gasteiger partial charge is 0.0640 e. The zero-order valence-electron chi connectivity index (χ0n) is 26.8. The molecule has 8 aromatic rings. The molecule has 2 heteroatoms. The van der Waals surface area contributed by atoms with Crippen LogP contribution in [0.1, 0.15) is 25.0 Å². The maximum absolute atomic E-state index is 2.50. The van der Waals surface area contributed by atoms with Crippen molar-refractivity contribution in [2.45, 2.75) is 13.8 Å². The zero-order chi connectivity index (χ0) is 31.9. The summed E-state index contributed by atoms with van der Waals surface area (Å²) in [5, 5.41) is 5.08. The van der Waals surface area contributed by atoms with E-state index in [-0.39, 0.29) is 0 Å². The number of anilines is 3. The normalized spacial score (nSPS) is 13.0. The first-order valence-electron chi connectivity index (χ1n) is 16.6. The molecule has 1 aromatic heterocycles. The van der Waals surface area contributed by atoms with Gasteiger partial charge in [-0.25, -0.2) is 0 Å². The van der Waals surface area contributed by atoms with Gasteiger partial charge >= 0.3 is 0 Å². The van der Waals surface area contributed by atoms with E-state index in [0.29, 0.717) is 0 Å². The van der Waals surface area contributed by atoms with Crippen molar-refractivity contribution in [3.8, 4) is 33.4 Å². The van der Waals surface area contributed by atoms with Gasteiger partial charge in [0.25, 0.3) is 0 Å². The first-order valence-corrected chi connectivity index (χ1v) is 17.5. The van der Waals surface area contributed by atoms with Gasteiger partial charge in [0.15, 0.2) is 0 Å². The van der Waals surface area contributed by atoms with E-state index in [1.54, 1.807) is 0 Å². The monoisotopic (exact) mass is 629 g/mol. The minimum atomic E-state index is 1.15. The van der Waals surface area contributed by atoms with E-state index in [9.17, 15) is 0 Å². The summed E-state index contributed by atoms with van der Waals surface area (Å²) in [5.41, 5.74) is 16.6.